The first kappa shape index (κ1) is 11.9. The highest BCUT2D eigenvalue weighted by atomic mass is 16.4. The molecular formula is C10H16O3. The Morgan fingerprint density at radius 1 is 1.46 bits per heavy atom. The molecule has 0 saturated heterocycles. The fourth-order valence-corrected chi connectivity index (χ4v) is 0.975. The molecule has 13 heavy (non-hydrogen) atoms. The van der Waals surface area contributed by atoms with Crippen LogP contribution in [0.5, 0.6) is 0 Å². The molecule has 0 heterocycles. The van der Waals surface area contributed by atoms with Gasteiger partial charge in [0.1, 0.15) is 5.78 Å². The van der Waals surface area contributed by atoms with E-state index in [9.17, 15) is 9.59 Å². The van der Waals surface area contributed by atoms with Crippen molar-refractivity contribution in [3.05, 3.63) is 12.2 Å². The zero-order chi connectivity index (χ0) is 10.3. The average molecular weight is 184 g/mol. The normalized spacial score (nSPS) is 13.1. The second-order valence-corrected chi connectivity index (χ2v) is 3.07. The molecule has 0 aromatic heterocycles. The molecule has 1 unspecified atom stereocenters. The van der Waals surface area contributed by atoms with Crippen molar-refractivity contribution >= 4 is 11.8 Å². The van der Waals surface area contributed by atoms with Gasteiger partial charge in [0, 0.05) is 6.42 Å². The second kappa shape index (κ2) is 6.40. The number of carboxylic acids is 1. The maximum absolute atomic E-state index is 10.7. The molecule has 0 bridgehead atoms. The van der Waals surface area contributed by atoms with Crippen molar-refractivity contribution in [1.82, 2.24) is 0 Å². The smallest absolute Gasteiger partial charge is 0.310 e. The molecule has 0 rings (SSSR count). The monoisotopic (exact) mass is 184 g/mol. The Kier molecular flexibility index (Phi) is 5.85. The quantitative estimate of drug-likeness (QED) is 0.642. The van der Waals surface area contributed by atoms with Crippen molar-refractivity contribution in [2.24, 2.45) is 5.92 Å². The van der Waals surface area contributed by atoms with Crippen molar-refractivity contribution in [3.8, 4) is 0 Å². The van der Waals surface area contributed by atoms with Crippen molar-refractivity contribution in [2.45, 2.75) is 33.1 Å². The number of hydrogen-bond acceptors (Lipinski definition) is 2. The first-order chi connectivity index (χ1) is 6.07. The van der Waals surface area contributed by atoms with E-state index in [-0.39, 0.29) is 12.2 Å². The van der Waals surface area contributed by atoms with Crippen LogP contribution >= 0.6 is 0 Å². The Balaban J connectivity index is 4.09. The maximum Gasteiger partial charge on any atom is 0.310 e. The topological polar surface area (TPSA) is 54.4 Å². The molecule has 1 N–H and O–H groups in total. The van der Waals surface area contributed by atoms with Crippen LogP contribution < -0.4 is 0 Å². The van der Waals surface area contributed by atoms with Crippen LogP contribution in [0.25, 0.3) is 0 Å². The lowest BCUT2D eigenvalue weighted by Gasteiger charge is -2.03. The van der Waals surface area contributed by atoms with Crippen LogP contribution in [0.4, 0.5) is 0 Å². The molecule has 0 fully saturated rings. The van der Waals surface area contributed by atoms with E-state index >= 15 is 0 Å². The standard InChI is InChI=1S/C10H16O3/c1-3-4-5-6-9(10(12)13)7-8(2)11/h5-6,9H,3-4,7H2,1-2H3,(H,12,13)/b6-5-. The molecule has 0 aliphatic carbocycles. The predicted molar refractivity (Wildman–Crippen MR) is 50.5 cm³/mol. The van der Waals surface area contributed by atoms with Crippen LogP contribution in [0.15, 0.2) is 12.2 Å². The highest BCUT2D eigenvalue weighted by Gasteiger charge is 2.15. The van der Waals surface area contributed by atoms with Gasteiger partial charge < -0.3 is 5.11 Å². The highest BCUT2D eigenvalue weighted by Crippen LogP contribution is 2.07. The maximum atomic E-state index is 10.7. The van der Waals surface area contributed by atoms with Gasteiger partial charge in [0.2, 0.25) is 0 Å². The zero-order valence-electron chi connectivity index (χ0n) is 8.12. The molecule has 0 aliphatic rings. The predicted octanol–water partition coefficient (Wildman–Crippen LogP) is 2.02. The Hall–Kier alpha value is -1.12. The number of carbonyl (C=O) groups excluding carboxylic acids is 1. The average Bonchev–Trinajstić information content (AvgIpc) is 2.02. The van der Waals surface area contributed by atoms with Gasteiger partial charge in [-0.15, -0.1) is 0 Å². The molecule has 74 valence electrons. The SMILES string of the molecule is CCC/C=C\C(CC(C)=O)C(=O)O. The van der Waals surface area contributed by atoms with Gasteiger partial charge in [-0.25, -0.2) is 0 Å². The molecule has 3 nitrogen and oxygen atoms in total. The largest absolute Gasteiger partial charge is 0.481 e. The summed E-state index contributed by atoms with van der Waals surface area (Å²) in [5, 5.41) is 8.72. The minimum Gasteiger partial charge on any atom is -0.481 e. The van der Waals surface area contributed by atoms with Crippen LogP contribution in [0.1, 0.15) is 33.1 Å². The van der Waals surface area contributed by atoms with Crippen molar-refractivity contribution < 1.29 is 14.7 Å². The number of hydrogen-bond donors (Lipinski definition) is 1. The summed E-state index contributed by atoms with van der Waals surface area (Å²) in [4.78, 5) is 21.3. The van der Waals surface area contributed by atoms with Crippen molar-refractivity contribution in [1.29, 1.82) is 0 Å². The van der Waals surface area contributed by atoms with Gasteiger partial charge in [0.25, 0.3) is 0 Å². The van der Waals surface area contributed by atoms with Gasteiger partial charge in [-0.2, -0.15) is 0 Å². The number of Topliss-reactive ketones (excluding diaryl/α,β-unsaturated/α-hetero) is 1. The van der Waals surface area contributed by atoms with Gasteiger partial charge >= 0.3 is 5.97 Å². The van der Waals surface area contributed by atoms with Crippen LogP contribution in [-0.4, -0.2) is 16.9 Å². The Morgan fingerprint density at radius 3 is 2.46 bits per heavy atom. The van der Waals surface area contributed by atoms with E-state index in [0.29, 0.717) is 0 Å². The van der Waals surface area contributed by atoms with Crippen molar-refractivity contribution in [3.63, 3.8) is 0 Å². The van der Waals surface area contributed by atoms with Gasteiger partial charge in [-0.1, -0.05) is 25.5 Å². The summed E-state index contributed by atoms with van der Waals surface area (Å²) < 4.78 is 0. The Morgan fingerprint density at radius 2 is 2.08 bits per heavy atom. The first-order valence-electron chi connectivity index (χ1n) is 4.46. The zero-order valence-corrected chi connectivity index (χ0v) is 8.12. The number of unbranched alkanes of at least 4 members (excludes halogenated alkanes) is 1. The van der Waals surface area contributed by atoms with Crippen LogP contribution in [0, 0.1) is 5.92 Å². The van der Waals surface area contributed by atoms with Crippen molar-refractivity contribution in [2.75, 3.05) is 0 Å². The van der Waals surface area contributed by atoms with E-state index < -0.39 is 11.9 Å². The molecular weight excluding hydrogens is 168 g/mol. The molecule has 3 heteroatoms. The minimum atomic E-state index is -0.928. The molecule has 0 aliphatic heterocycles. The number of rotatable bonds is 6. The summed E-state index contributed by atoms with van der Waals surface area (Å²) in [6.45, 7) is 3.43. The summed E-state index contributed by atoms with van der Waals surface area (Å²) in [7, 11) is 0. The number of carboxylic acid groups (broad SMARTS) is 1. The van der Waals surface area contributed by atoms with Crippen LogP contribution in [0.2, 0.25) is 0 Å². The van der Waals surface area contributed by atoms with E-state index in [0.717, 1.165) is 12.8 Å². The molecule has 0 saturated carbocycles. The Labute approximate surface area is 78.5 Å². The van der Waals surface area contributed by atoms with Gasteiger partial charge in [-0.3, -0.25) is 9.59 Å². The van der Waals surface area contributed by atoms with Gasteiger partial charge in [-0.05, 0) is 13.3 Å². The van der Waals surface area contributed by atoms with E-state index in [4.69, 9.17) is 5.11 Å². The van der Waals surface area contributed by atoms with E-state index in [1.54, 1.807) is 6.08 Å². The fourth-order valence-electron chi connectivity index (χ4n) is 0.975. The summed E-state index contributed by atoms with van der Waals surface area (Å²) >= 11 is 0. The molecule has 0 aromatic carbocycles. The lowest BCUT2D eigenvalue weighted by Crippen LogP contribution is -2.14. The number of ketones is 1. The third-order valence-corrected chi connectivity index (χ3v) is 1.65. The second-order valence-electron chi connectivity index (χ2n) is 3.07. The van der Waals surface area contributed by atoms with Gasteiger partial charge in [0.05, 0.1) is 5.92 Å². The molecule has 0 amide bonds. The van der Waals surface area contributed by atoms with Crippen LogP contribution in [0.3, 0.4) is 0 Å². The molecule has 0 spiro atoms. The lowest BCUT2D eigenvalue weighted by atomic mass is 10.0. The van der Waals surface area contributed by atoms with E-state index in [1.165, 1.54) is 6.92 Å². The number of aliphatic carboxylic acids is 1. The lowest BCUT2D eigenvalue weighted by molar-refractivity contribution is -0.141. The van der Waals surface area contributed by atoms with E-state index in [2.05, 4.69) is 0 Å². The molecule has 1 atom stereocenters. The first-order valence-corrected chi connectivity index (χ1v) is 4.46. The Bertz CT molecular complexity index is 206. The minimum absolute atomic E-state index is 0.0893. The third-order valence-electron chi connectivity index (χ3n) is 1.65. The number of allylic oxidation sites excluding steroid dienone is 1. The number of carbonyl (C=O) groups is 2. The van der Waals surface area contributed by atoms with E-state index in [1.807, 2.05) is 13.0 Å². The molecule has 0 radical (unpaired) electrons. The highest BCUT2D eigenvalue weighted by molar-refractivity contribution is 5.83. The summed E-state index contributed by atoms with van der Waals surface area (Å²) in [5.74, 6) is -1.67. The fraction of sp³-hybridized carbons (Fsp3) is 0.600. The summed E-state index contributed by atoms with van der Waals surface area (Å²) in [6, 6.07) is 0. The summed E-state index contributed by atoms with van der Waals surface area (Å²) in [5.41, 5.74) is 0. The molecule has 0 aromatic rings. The van der Waals surface area contributed by atoms with Gasteiger partial charge in [0.15, 0.2) is 0 Å². The van der Waals surface area contributed by atoms with Crippen LogP contribution in [-0.2, 0) is 9.59 Å². The summed E-state index contributed by atoms with van der Waals surface area (Å²) in [6.07, 6.45) is 5.37. The third kappa shape index (κ3) is 6.08.